The molecule has 2 N–H and O–H groups in total. The highest BCUT2D eigenvalue weighted by Gasteiger charge is 2.68. The number of aromatic nitrogens is 3. The van der Waals surface area contributed by atoms with Crippen LogP contribution in [0, 0.1) is 17.7 Å². The first-order valence-electron chi connectivity index (χ1n) is 8.01. The van der Waals surface area contributed by atoms with Crippen LogP contribution >= 0.6 is 0 Å². The van der Waals surface area contributed by atoms with E-state index in [1.54, 1.807) is 12.1 Å². The second-order valence-electron chi connectivity index (χ2n) is 6.51. The predicted octanol–water partition coefficient (Wildman–Crippen LogP) is 2.63. The second kappa shape index (κ2) is 5.75. The molecule has 0 saturated heterocycles. The van der Waals surface area contributed by atoms with Crippen molar-refractivity contribution < 1.29 is 18.0 Å². The molecular formula is C16H16F3N5O. The van der Waals surface area contributed by atoms with Crippen LogP contribution in [0.1, 0.15) is 18.4 Å². The normalized spacial score (nSPS) is 26.1. The van der Waals surface area contributed by atoms with Gasteiger partial charge in [0, 0.05) is 18.4 Å². The summed E-state index contributed by atoms with van der Waals surface area (Å²) in [4.78, 5) is 15.9. The van der Waals surface area contributed by atoms with Crippen LogP contribution in [-0.2, 0) is 6.54 Å². The van der Waals surface area contributed by atoms with Crippen LogP contribution < -0.4 is 10.6 Å². The van der Waals surface area contributed by atoms with Gasteiger partial charge in [0.1, 0.15) is 12.1 Å². The van der Waals surface area contributed by atoms with E-state index in [0.29, 0.717) is 18.5 Å². The van der Waals surface area contributed by atoms with Gasteiger partial charge in [0.2, 0.25) is 5.95 Å². The minimum absolute atomic E-state index is 0.0615. The number of hydrogen-bond acceptors (Lipinski definition) is 3. The third-order valence-electron chi connectivity index (χ3n) is 4.76. The van der Waals surface area contributed by atoms with Gasteiger partial charge < -0.3 is 5.32 Å². The Hall–Kier alpha value is -2.58. The van der Waals surface area contributed by atoms with Crippen molar-refractivity contribution in [3.63, 3.8) is 0 Å². The number of nitrogens with one attached hydrogen (secondary N) is 2. The topological polar surface area (TPSA) is 71.8 Å². The molecular weight excluding hydrogens is 335 g/mol. The smallest absolute Gasteiger partial charge is 0.321 e. The average molecular weight is 351 g/mol. The Morgan fingerprint density at radius 1 is 1.40 bits per heavy atom. The van der Waals surface area contributed by atoms with E-state index in [2.05, 4.69) is 20.7 Å². The monoisotopic (exact) mass is 351 g/mol. The number of amides is 2. The molecule has 0 unspecified atom stereocenters. The molecule has 2 aliphatic carbocycles. The lowest BCUT2D eigenvalue weighted by atomic mass is 10.2. The number of nitrogens with zero attached hydrogens (tertiary/aromatic N) is 3. The van der Waals surface area contributed by atoms with Gasteiger partial charge in [-0.3, -0.25) is 5.32 Å². The predicted molar refractivity (Wildman–Crippen MR) is 82.6 cm³/mol. The van der Waals surface area contributed by atoms with Crippen LogP contribution in [0.3, 0.4) is 0 Å². The number of carbonyl (C=O) groups excluding carboxylic acids is 1. The minimum Gasteiger partial charge on any atom is -0.334 e. The van der Waals surface area contributed by atoms with Gasteiger partial charge in [0.15, 0.2) is 0 Å². The Kier molecular flexibility index (Phi) is 3.66. The zero-order chi connectivity index (χ0) is 17.6. The van der Waals surface area contributed by atoms with Crippen molar-refractivity contribution in [2.24, 2.45) is 11.8 Å². The largest absolute Gasteiger partial charge is 0.334 e. The molecule has 2 aliphatic rings. The number of alkyl halides is 2. The lowest BCUT2D eigenvalue weighted by Gasteiger charge is -2.13. The zero-order valence-corrected chi connectivity index (χ0v) is 13.1. The van der Waals surface area contributed by atoms with E-state index in [1.807, 2.05) is 0 Å². The summed E-state index contributed by atoms with van der Waals surface area (Å²) >= 11 is 0. The number of anilines is 1. The standard InChI is InChI=1S/C16H16F3N5O/c17-10-3-1-2-9(6-10)7-24-8-20-14(23-24)22-15(25)21-13-11-4-5-16(18,19)12(11)13/h1-3,6,8,11-13H,4-5,7H2,(H2,21,22,23,25)/t11-,12+,13+/m0/s1. The molecule has 9 heteroatoms. The summed E-state index contributed by atoms with van der Waals surface area (Å²) in [6, 6.07) is 4.98. The zero-order valence-electron chi connectivity index (χ0n) is 13.1. The van der Waals surface area contributed by atoms with Gasteiger partial charge in [0.25, 0.3) is 5.92 Å². The Morgan fingerprint density at radius 2 is 2.24 bits per heavy atom. The Bertz CT molecular complexity index is 809. The minimum atomic E-state index is -2.69. The van der Waals surface area contributed by atoms with Gasteiger partial charge >= 0.3 is 6.03 Å². The average Bonchev–Trinajstić information content (AvgIpc) is 2.87. The van der Waals surface area contributed by atoms with E-state index < -0.39 is 23.9 Å². The van der Waals surface area contributed by atoms with Gasteiger partial charge in [-0.1, -0.05) is 12.1 Å². The fourth-order valence-corrected chi connectivity index (χ4v) is 3.57. The molecule has 0 radical (unpaired) electrons. The fraction of sp³-hybridized carbons (Fsp3) is 0.438. The van der Waals surface area contributed by atoms with Gasteiger partial charge in [-0.05, 0) is 30.0 Å². The Balaban J connectivity index is 1.32. The SMILES string of the molecule is O=C(Nc1ncn(Cc2cccc(F)c2)n1)N[C@@H]1[C@H]2CCC(F)(F)[C@H]21. The third-order valence-corrected chi connectivity index (χ3v) is 4.76. The maximum absolute atomic E-state index is 13.5. The lowest BCUT2D eigenvalue weighted by Crippen LogP contribution is -2.35. The molecule has 2 aromatic rings. The molecule has 0 aliphatic heterocycles. The quantitative estimate of drug-likeness (QED) is 0.890. The van der Waals surface area contributed by atoms with Gasteiger partial charge in [-0.25, -0.2) is 27.6 Å². The van der Waals surface area contributed by atoms with Crippen molar-refractivity contribution in [3.05, 3.63) is 42.0 Å². The molecule has 25 heavy (non-hydrogen) atoms. The summed E-state index contributed by atoms with van der Waals surface area (Å²) in [5.41, 5.74) is 0.703. The van der Waals surface area contributed by atoms with Crippen LogP contribution in [0.4, 0.5) is 23.9 Å². The number of halogens is 3. The van der Waals surface area contributed by atoms with Crippen LogP contribution in [0.15, 0.2) is 30.6 Å². The van der Waals surface area contributed by atoms with Crippen molar-refractivity contribution in [3.8, 4) is 0 Å². The first-order valence-corrected chi connectivity index (χ1v) is 8.01. The highest BCUT2D eigenvalue weighted by atomic mass is 19.3. The molecule has 4 rings (SSSR count). The van der Waals surface area contributed by atoms with E-state index in [1.165, 1.54) is 23.1 Å². The molecule has 2 amide bonds. The summed E-state index contributed by atoms with van der Waals surface area (Å²) in [7, 11) is 0. The summed E-state index contributed by atoms with van der Waals surface area (Å²) in [6.45, 7) is 0.299. The van der Waals surface area contributed by atoms with E-state index in [-0.39, 0.29) is 24.1 Å². The molecule has 2 saturated carbocycles. The van der Waals surface area contributed by atoms with Crippen LogP contribution in [-0.4, -0.2) is 32.8 Å². The highest BCUT2D eigenvalue weighted by molar-refractivity contribution is 5.87. The maximum Gasteiger partial charge on any atom is 0.321 e. The van der Waals surface area contributed by atoms with Gasteiger partial charge in [0.05, 0.1) is 6.54 Å². The molecule has 1 aromatic carbocycles. The van der Waals surface area contributed by atoms with E-state index in [9.17, 15) is 18.0 Å². The fourth-order valence-electron chi connectivity index (χ4n) is 3.57. The van der Waals surface area contributed by atoms with Crippen LogP contribution in [0.2, 0.25) is 0 Å². The first kappa shape index (κ1) is 15.9. The molecule has 1 heterocycles. The van der Waals surface area contributed by atoms with Crippen molar-refractivity contribution in [1.82, 2.24) is 20.1 Å². The number of benzene rings is 1. The molecule has 132 valence electrons. The second-order valence-corrected chi connectivity index (χ2v) is 6.51. The van der Waals surface area contributed by atoms with E-state index in [0.717, 1.165) is 0 Å². The molecule has 1 aromatic heterocycles. The Morgan fingerprint density at radius 3 is 2.96 bits per heavy atom. The number of rotatable bonds is 4. The molecule has 2 fully saturated rings. The molecule has 0 spiro atoms. The van der Waals surface area contributed by atoms with Gasteiger partial charge in [-0.2, -0.15) is 0 Å². The number of hydrogen-bond donors (Lipinski definition) is 2. The summed E-state index contributed by atoms with van der Waals surface area (Å²) in [5, 5.41) is 9.06. The molecule has 6 nitrogen and oxygen atoms in total. The summed E-state index contributed by atoms with van der Waals surface area (Å²) in [5.74, 6) is -3.86. The third kappa shape index (κ3) is 3.18. The highest BCUT2D eigenvalue weighted by Crippen LogP contribution is 2.59. The lowest BCUT2D eigenvalue weighted by molar-refractivity contribution is -0.0175. The number of fused-ring (bicyclic) bond motifs is 1. The van der Waals surface area contributed by atoms with Crippen LogP contribution in [0.25, 0.3) is 0 Å². The number of carbonyl (C=O) groups is 1. The van der Waals surface area contributed by atoms with Crippen molar-refractivity contribution >= 4 is 12.0 Å². The van der Waals surface area contributed by atoms with Gasteiger partial charge in [-0.15, -0.1) is 5.10 Å². The number of urea groups is 1. The maximum atomic E-state index is 13.5. The summed E-state index contributed by atoms with van der Waals surface area (Å²) < 4.78 is 41.6. The van der Waals surface area contributed by atoms with Crippen molar-refractivity contribution in [2.75, 3.05) is 5.32 Å². The molecule has 3 atom stereocenters. The summed E-state index contributed by atoms with van der Waals surface area (Å²) in [6.07, 6.45) is 1.73. The molecule has 0 bridgehead atoms. The van der Waals surface area contributed by atoms with E-state index >= 15 is 0 Å². The van der Waals surface area contributed by atoms with Crippen molar-refractivity contribution in [2.45, 2.75) is 31.4 Å². The van der Waals surface area contributed by atoms with E-state index in [4.69, 9.17) is 0 Å². The van der Waals surface area contributed by atoms with Crippen LogP contribution in [0.5, 0.6) is 0 Å². The Labute approximate surface area is 141 Å². The first-order chi connectivity index (χ1) is 11.9. The van der Waals surface area contributed by atoms with Crippen molar-refractivity contribution in [1.29, 1.82) is 0 Å².